The molecule has 0 radical (unpaired) electrons. The Labute approximate surface area is 92.5 Å². The van der Waals surface area contributed by atoms with Crippen molar-refractivity contribution in [2.45, 2.75) is 6.92 Å². The van der Waals surface area contributed by atoms with Crippen LogP contribution in [0.15, 0.2) is 18.2 Å². The molecule has 0 fully saturated rings. The van der Waals surface area contributed by atoms with Crippen molar-refractivity contribution in [2.75, 3.05) is 6.61 Å². The molecule has 0 amide bonds. The van der Waals surface area contributed by atoms with Gasteiger partial charge in [0.2, 0.25) is 0 Å². The molecular weight excluding hydrogens is 209 g/mol. The minimum atomic E-state index is -0.579. The van der Waals surface area contributed by atoms with Crippen LogP contribution in [-0.2, 0) is 4.74 Å². The van der Waals surface area contributed by atoms with Crippen molar-refractivity contribution >= 4 is 5.97 Å². The minimum Gasteiger partial charge on any atom is -0.462 e. The van der Waals surface area contributed by atoms with Gasteiger partial charge in [-0.25, -0.2) is 9.18 Å². The lowest BCUT2D eigenvalue weighted by molar-refractivity contribution is 0.0526. The van der Waals surface area contributed by atoms with Crippen LogP contribution in [0.4, 0.5) is 4.39 Å². The van der Waals surface area contributed by atoms with E-state index in [2.05, 4.69) is 11.8 Å². The largest absolute Gasteiger partial charge is 0.462 e. The van der Waals surface area contributed by atoms with E-state index >= 15 is 0 Å². The molecular formula is C12H8FNO2. The van der Waals surface area contributed by atoms with Gasteiger partial charge in [0.1, 0.15) is 5.82 Å². The van der Waals surface area contributed by atoms with Gasteiger partial charge >= 0.3 is 5.97 Å². The molecule has 0 unspecified atom stereocenters. The summed E-state index contributed by atoms with van der Waals surface area (Å²) in [5, 5.41) is 8.30. The summed E-state index contributed by atoms with van der Waals surface area (Å²) >= 11 is 0. The number of benzene rings is 1. The lowest BCUT2D eigenvalue weighted by atomic mass is 10.1. The molecule has 0 atom stereocenters. The van der Waals surface area contributed by atoms with E-state index in [1.807, 2.05) is 0 Å². The molecule has 0 spiro atoms. The summed E-state index contributed by atoms with van der Waals surface area (Å²) in [6.07, 6.45) is 0. The molecule has 0 aliphatic carbocycles. The van der Waals surface area contributed by atoms with Crippen molar-refractivity contribution in [3.05, 3.63) is 35.1 Å². The van der Waals surface area contributed by atoms with Crippen molar-refractivity contribution in [3.8, 4) is 17.9 Å². The molecule has 1 aromatic carbocycles. The van der Waals surface area contributed by atoms with Crippen LogP contribution in [0.2, 0.25) is 0 Å². The fourth-order valence-electron chi connectivity index (χ4n) is 1.10. The maximum absolute atomic E-state index is 12.9. The van der Waals surface area contributed by atoms with Crippen LogP contribution in [0, 0.1) is 29.0 Å². The van der Waals surface area contributed by atoms with Gasteiger partial charge in [-0.05, 0) is 31.0 Å². The molecule has 0 saturated carbocycles. The molecule has 0 aromatic heterocycles. The molecule has 0 aliphatic heterocycles. The Bertz CT molecular complexity index is 506. The number of ether oxygens (including phenoxy) is 1. The van der Waals surface area contributed by atoms with Crippen LogP contribution in [0.25, 0.3) is 0 Å². The first kappa shape index (κ1) is 11.7. The Balaban J connectivity index is 3.18. The minimum absolute atomic E-state index is 0.153. The number of nitriles is 1. The van der Waals surface area contributed by atoms with Crippen molar-refractivity contribution in [3.63, 3.8) is 0 Å². The molecule has 0 N–H and O–H groups in total. The summed E-state index contributed by atoms with van der Waals surface area (Å²) in [7, 11) is 0. The SMILES string of the molecule is CCOC(=O)c1ccc(F)cc1C#CC#N. The first-order valence-corrected chi connectivity index (χ1v) is 4.55. The van der Waals surface area contributed by atoms with Crippen LogP contribution in [0.3, 0.4) is 0 Å². The van der Waals surface area contributed by atoms with E-state index in [1.54, 1.807) is 13.0 Å². The zero-order valence-corrected chi connectivity index (χ0v) is 8.58. The Morgan fingerprint density at radius 1 is 1.56 bits per heavy atom. The van der Waals surface area contributed by atoms with E-state index in [0.29, 0.717) is 0 Å². The third-order valence-corrected chi connectivity index (χ3v) is 1.73. The molecule has 1 rings (SSSR count). The fourth-order valence-corrected chi connectivity index (χ4v) is 1.10. The van der Waals surface area contributed by atoms with Crippen LogP contribution in [0.1, 0.15) is 22.8 Å². The van der Waals surface area contributed by atoms with Gasteiger partial charge < -0.3 is 4.74 Å². The van der Waals surface area contributed by atoms with E-state index in [0.717, 1.165) is 12.1 Å². The number of rotatable bonds is 2. The number of carbonyl (C=O) groups excluding carboxylic acids is 1. The van der Waals surface area contributed by atoms with Crippen molar-refractivity contribution in [1.82, 2.24) is 0 Å². The van der Waals surface area contributed by atoms with E-state index in [-0.39, 0.29) is 17.7 Å². The summed E-state index contributed by atoms with van der Waals surface area (Å²) in [5.74, 6) is 3.40. The molecule has 3 nitrogen and oxygen atoms in total. The maximum atomic E-state index is 12.9. The van der Waals surface area contributed by atoms with Gasteiger partial charge in [0.05, 0.1) is 12.2 Å². The highest BCUT2D eigenvalue weighted by Gasteiger charge is 2.11. The summed E-state index contributed by atoms with van der Waals surface area (Å²) in [5.41, 5.74) is 0.311. The monoisotopic (exact) mass is 217 g/mol. The Morgan fingerprint density at radius 2 is 2.31 bits per heavy atom. The smallest absolute Gasteiger partial charge is 0.339 e. The topological polar surface area (TPSA) is 50.1 Å². The molecule has 0 aliphatic rings. The van der Waals surface area contributed by atoms with E-state index in [1.165, 1.54) is 6.07 Å². The number of halogens is 1. The third-order valence-electron chi connectivity index (χ3n) is 1.73. The van der Waals surface area contributed by atoms with Gasteiger partial charge in [0.25, 0.3) is 0 Å². The average molecular weight is 217 g/mol. The highest BCUT2D eigenvalue weighted by molar-refractivity contribution is 5.92. The normalized spacial score (nSPS) is 8.56. The van der Waals surface area contributed by atoms with E-state index in [9.17, 15) is 9.18 Å². The van der Waals surface area contributed by atoms with Gasteiger partial charge in [-0.2, -0.15) is 5.26 Å². The first-order valence-electron chi connectivity index (χ1n) is 4.55. The number of nitrogens with zero attached hydrogens (tertiary/aromatic N) is 1. The quantitative estimate of drug-likeness (QED) is 0.561. The predicted molar refractivity (Wildman–Crippen MR) is 54.8 cm³/mol. The molecule has 80 valence electrons. The predicted octanol–water partition coefficient (Wildman–Crippen LogP) is 1.88. The number of hydrogen-bond donors (Lipinski definition) is 0. The van der Waals surface area contributed by atoms with Crippen LogP contribution < -0.4 is 0 Å². The summed E-state index contributed by atoms with van der Waals surface area (Å²) in [4.78, 5) is 11.4. The number of carbonyl (C=O) groups is 1. The third kappa shape index (κ3) is 2.83. The molecule has 1 aromatic rings. The van der Waals surface area contributed by atoms with Crippen molar-refractivity contribution in [2.24, 2.45) is 0 Å². The highest BCUT2D eigenvalue weighted by atomic mass is 19.1. The van der Waals surface area contributed by atoms with Gasteiger partial charge in [-0.3, -0.25) is 0 Å². The second-order valence-electron chi connectivity index (χ2n) is 2.77. The zero-order chi connectivity index (χ0) is 12.0. The molecule has 16 heavy (non-hydrogen) atoms. The summed E-state index contributed by atoms with van der Waals surface area (Å²) < 4.78 is 17.7. The van der Waals surface area contributed by atoms with E-state index < -0.39 is 11.8 Å². The van der Waals surface area contributed by atoms with Crippen molar-refractivity contribution in [1.29, 1.82) is 5.26 Å². The van der Waals surface area contributed by atoms with Gasteiger partial charge in [0, 0.05) is 11.5 Å². The van der Waals surface area contributed by atoms with Gasteiger partial charge in [0.15, 0.2) is 6.07 Å². The highest BCUT2D eigenvalue weighted by Crippen LogP contribution is 2.11. The zero-order valence-electron chi connectivity index (χ0n) is 8.58. The number of esters is 1. The Hall–Kier alpha value is -2.33. The van der Waals surface area contributed by atoms with Gasteiger partial charge in [-0.1, -0.05) is 0 Å². The molecule has 4 heteroatoms. The molecule has 0 saturated heterocycles. The summed E-state index contributed by atoms with van der Waals surface area (Å²) in [6, 6.07) is 5.12. The second kappa shape index (κ2) is 5.53. The maximum Gasteiger partial charge on any atom is 0.339 e. The fraction of sp³-hybridized carbons (Fsp3) is 0.167. The summed E-state index contributed by atoms with van der Waals surface area (Å²) in [6.45, 7) is 1.89. The lowest BCUT2D eigenvalue weighted by Crippen LogP contribution is -2.07. The Morgan fingerprint density at radius 3 is 2.94 bits per heavy atom. The first-order chi connectivity index (χ1) is 7.69. The molecule has 0 heterocycles. The van der Waals surface area contributed by atoms with Crippen LogP contribution in [0.5, 0.6) is 0 Å². The van der Waals surface area contributed by atoms with E-state index in [4.69, 9.17) is 10.00 Å². The van der Waals surface area contributed by atoms with Crippen LogP contribution >= 0.6 is 0 Å². The van der Waals surface area contributed by atoms with Gasteiger partial charge in [-0.15, -0.1) is 0 Å². The lowest BCUT2D eigenvalue weighted by Gasteiger charge is -2.03. The average Bonchev–Trinajstić information content (AvgIpc) is 2.26. The molecule has 0 bridgehead atoms. The number of hydrogen-bond acceptors (Lipinski definition) is 3. The van der Waals surface area contributed by atoms with Crippen LogP contribution in [-0.4, -0.2) is 12.6 Å². The second-order valence-corrected chi connectivity index (χ2v) is 2.77. The standard InChI is InChI=1S/C12H8FNO2/c1-2-16-12(15)11-6-5-10(13)8-9(11)4-3-7-14/h5-6,8H,2H2,1H3. The Kier molecular flexibility index (Phi) is 4.06. The van der Waals surface area contributed by atoms with Crippen molar-refractivity contribution < 1.29 is 13.9 Å².